The normalized spacial score (nSPS) is 11.3. The van der Waals surface area contributed by atoms with Crippen molar-refractivity contribution in [2.45, 2.75) is 6.54 Å². The Balaban J connectivity index is 1.91. The quantitative estimate of drug-likeness (QED) is 0.538. The monoisotopic (exact) mass is 456 g/mol. The Hall–Kier alpha value is -2.63. The first-order valence-electron chi connectivity index (χ1n) is 8.14. The lowest BCUT2D eigenvalue weighted by atomic mass is 10.3. The van der Waals surface area contributed by atoms with Crippen LogP contribution in [0.5, 0.6) is 11.8 Å². The van der Waals surface area contributed by atoms with Crippen LogP contribution in [0.25, 0.3) is 10.6 Å². The Morgan fingerprint density at radius 1 is 1.21 bits per heavy atom. The smallest absolute Gasteiger partial charge is 0.262 e. The van der Waals surface area contributed by atoms with Gasteiger partial charge in [-0.1, -0.05) is 11.6 Å². The van der Waals surface area contributed by atoms with Crippen LogP contribution in [0.1, 0.15) is 0 Å². The van der Waals surface area contributed by atoms with Crippen LogP contribution in [0.3, 0.4) is 0 Å². The van der Waals surface area contributed by atoms with E-state index in [4.69, 9.17) is 21.1 Å². The van der Waals surface area contributed by atoms with E-state index in [0.717, 1.165) is 11.1 Å². The zero-order valence-electron chi connectivity index (χ0n) is 15.7. The maximum absolute atomic E-state index is 12.9. The molecule has 0 atom stereocenters. The summed E-state index contributed by atoms with van der Waals surface area (Å²) in [4.78, 5) is 17.8. The third-order valence-corrected chi connectivity index (χ3v) is 6.07. The van der Waals surface area contributed by atoms with Crippen LogP contribution in [0.15, 0.2) is 36.5 Å². The molecule has 3 heterocycles. The van der Waals surface area contributed by atoms with Crippen LogP contribution in [-0.2, 0) is 21.4 Å². The molecule has 3 rings (SSSR count). The van der Waals surface area contributed by atoms with Gasteiger partial charge in [0.25, 0.3) is 5.91 Å². The highest BCUT2D eigenvalue weighted by atomic mass is 35.5. The molecule has 29 heavy (non-hydrogen) atoms. The second-order valence-electron chi connectivity index (χ2n) is 5.81. The van der Waals surface area contributed by atoms with Crippen molar-refractivity contribution in [2.75, 3.05) is 24.8 Å². The molecule has 3 aromatic heterocycles. The molecule has 0 bridgehead atoms. The highest BCUT2D eigenvalue weighted by Crippen LogP contribution is 2.31. The molecule has 0 fully saturated rings. The van der Waals surface area contributed by atoms with Gasteiger partial charge in [0.1, 0.15) is 17.9 Å². The summed E-state index contributed by atoms with van der Waals surface area (Å²) in [5, 5.41) is 4.32. The van der Waals surface area contributed by atoms with Gasteiger partial charge in [0, 0.05) is 12.3 Å². The Bertz CT molecular complexity index is 1140. The molecule has 0 aliphatic rings. The summed E-state index contributed by atoms with van der Waals surface area (Å²) in [6.45, 7) is -0.304. The predicted octanol–water partition coefficient (Wildman–Crippen LogP) is 2.67. The summed E-state index contributed by atoms with van der Waals surface area (Å²) >= 11 is 7.29. The number of amides is 1. The van der Waals surface area contributed by atoms with Crippen molar-refractivity contribution in [3.63, 3.8) is 0 Å². The fraction of sp³-hybridized carbons (Fsp3) is 0.235. The third-order valence-electron chi connectivity index (χ3n) is 3.76. The number of ether oxygens (including phenoxy) is 2. The lowest BCUT2D eigenvalue weighted by Gasteiger charge is -2.22. The topological polar surface area (TPSA) is 104 Å². The molecule has 12 heteroatoms. The molecule has 0 unspecified atom stereocenters. The second kappa shape index (κ2) is 8.39. The van der Waals surface area contributed by atoms with Gasteiger partial charge in [0.2, 0.25) is 21.8 Å². The summed E-state index contributed by atoms with van der Waals surface area (Å²) < 4.78 is 37.5. The van der Waals surface area contributed by atoms with E-state index in [1.165, 1.54) is 42.4 Å². The van der Waals surface area contributed by atoms with Gasteiger partial charge < -0.3 is 9.47 Å². The Morgan fingerprint density at radius 3 is 2.55 bits per heavy atom. The van der Waals surface area contributed by atoms with E-state index in [1.54, 1.807) is 18.3 Å². The molecule has 0 N–H and O–H groups in total. The first-order valence-corrected chi connectivity index (χ1v) is 11.2. The summed E-state index contributed by atoms with van der Waals surface area (Å²) in [5.41, 5.74) is 0.613. The molecule has 3 aromatic rings. The number of carbonyl (C=O) groups is 1. The minimum Gasteiger partial charge on any atom is -0.481 e. The molecule has 0 aromatic carbocycles. The van der Waals surface area contributed by atoms with Crippen molar-refractivity contribution in [1.29, 1.82) is 0 Å². The Labute approximate surface area is 176 Å². The fourth-order valence-corrected chi connectivity index (χ4v) is 4.50. The average molecular weight is 457 g/mol. The molecule has 0 saturated carbocycles. The van der Waals surface area contributed by atoms with Gasteiger partial charge in [-0.2, -0.15) is 14.4 Å². The molecule has 154 valence electrons. The molecule has 0 radical (unpaired) electrons. The van der Waals surface area contributed by atoms with Crippen molar-refractivity contribution < 1.29 is 22.7 Å². The van der Waals surface area contributed by atoms with Gasteiger partial charge in [-0.15, -0.1) is 11.3 Å². The van der Waals surface area contributed by atoms with Crippen LogP contribution in [0.4, 0.5) is 5.69 Å². The predicted molar refractivity (Wildman–Crippen MR) is 110 cm³/mol. The lowest BCUT2D eigenvalue weighted by Crippen LogP contribution is -2.39. The molecular formula is C17H17ClN4O5S2. The zero-order chi connectivity index (χ0) is 21.2. The number of nitrogens with zero attached hydrogens (tertiary/aromatic N) is 4. The lowest BCUT2D eigenvalue weighted by molar-refractivity contribution is -0.118. The molecule has 0 saturated heterocycles. The number of thiophene rings is 1. The van der Waals surface area contributed by atoms with Crippen LogP contribution >= 0.6 is 22.9 Å². The van der Waals surface area contributed by atoms with Crippen LogP contribution in [-0.4, -0.2) is 49.6 Å². The van der Waals surface area contributed by atoms with Crippen LogP contribution < -0.4 is 13.8 Å². The van der Waals surface area contributed by atoms with Crippen molar-refractivity contribution in [1.82, 2.24) is 14.8 Å². The molecular weight excluding hydrogens is 440 g/mol. The Morgan fingerprint density at radius 2 is 1.97 bits per heavy atom. The van der Waals surface area contributed by atoms with E-state index in [9.17, 15) is 13.2 Å². The number of pyridine rings is 1. The third kappa shape index (κ3) is 4.69. The van der Waals surface area contributed by atoms with E-state index in [2.05, 4.69) is 10.1 Å². The SMILES string of the molecule is COc1ccc(N(C(=O)Cn2ccc(-c3ccc(Cl)s3)n2)S(C)(=O)=O)c(OC)n1. The van der Waals surface area contributed by atoms with Gasteiger partial charge in [-0.3, -0.25) is 9.48 Å². The van der Waals surface area contributed by atoms with Crippen molar-refractivity contribution >= 4 is 44.6 Å². The molecule has 0 aliphatic heterocycles. The maximum Gasteiger partial charge on any atom is 0.262 e. The minimum atomic E-state index is -3.97. The van der Waals surface area contributed by atoms with E-state index in [-0.39, 0.29) is 24.0 Å². The van der Waals surface area contributed by atoms with Crippen molar-refractivity contribution in [2.24, 2.45) is 0 Å². The standard InChI is InChI=1S/C17H17ClN4O5S2/c1-26-15-7-4-12(17(19-15)27-2)22(29(3,24)25)16(23)10-21-9-8-11(20-21)13-5-6-14(18)28-13/h4-9H,10H2,1-3H3. The van der Waals surface area contributed by atoms with Crippen molar-refractivity contribution in [3.05, 3.63) is 40.9 Å². The fourth-order valence-electron chi connectivity index (χ4n) is 2.57. The van der Waals surface area contributed by atoms with Gasteiger partial charge in [-0.25, -0.2) is 8.42 Å². The van der Waals surface area contributed by atoms with Gasteiger partial charge >= 0.3 is 0 Å². The van der Waals surface area contributed by atoms with Crippen LogP contribution in [0.2, 0.25) is 4.34 Å². The number of sulfonamides is 1. The number of hydrogen-bond donors (Lipinski definition) is 0. The second-order valence-corrected chi connectivity index (χ2v) is 9.35. The number of rotatable bonds is 7. The first kappa shape index (κ1) is 21.1. The minimum absolute atomic E-state index is 0.0155. The highest BCUT2D eigenvalue weighted by molar-refractivity contribution is 7.92. The number of hydrogen-bond acceptors (Lipinski definition) is 8. The van der Waals surface area contributed by atoms with E-state index >= 15 is 0 Å². The number of anilines is 1. The number of aromatic nitrogens is 3. The van der Waals surface area contributed by atoms with E-state index in [1.807, 2.05) is 6.07 Å². The van der Waals surface area contributed by atoms with Crippen LogP contribution in [0, 0.1) is 0 Å². The first-order chi connectivity index (χ1) is 13.7. The number of carbonyl (C=O) groups excluding carboxylic acids is 1. The summed E-state index contributed by atoms with van der Waals surface area (Å²) in [6, 6.07) is 8.12. The van der Waals surface area contributed by atoms with Gasteiger partial charge in [0.15, 0.2) is 0 Å². The average Bonchev–Trinajstić information content (AvgIpc) is 3.29. The zero-order valence-corrected chi connectivity index (χ0v) is 18.1. The summed E-state index contributed by atoms with van der Waals surface area (Å²) in [7, 11) is -1.23. The summed E-state index contributed by atoms with van der Waals surface area (Å²) in [6.07, 6.45) is 2.52. The highest BCUT2D eigenvalue weighted by Gasteiger charge is 2.29. The van der Waals surface area contributed by atoms with Gasteiger partial charge in [-0.05, 0) is 24.3 Å². The van der Waals surface area contributed by atoms with Gasteiger partial charge in [0.05, 0.1) is 29.7 Å². The van der Waals surface area contributed by atoms with Crippen molar-refractivity contribution in [3.8, 4) is 22.3 Å². The summed E-state index contributed by atoms with van der Waals surface area (Å²) in [5.74, 6) is -0.563. The van der Waals surface area contributed by atoms with E-state index in [0.29, 0.717) is 14.3 Å². The Kier molecular flexibility index (Phi) is 6.10. The maximum atomic E-state index is 12.9. The molecule has 9 nitrogen and oxygen atoms in total. The largest absolute Gasteiger partial charge is 0.481 e. The number of halogens is 1. The molecule has 0 aliphatic carbocycles. The number of methoxy groups -OCH3 is 2. The van der Waals surface area contributed by atoms with E-state index < -0.39 is 15.9 Å². The molecule has 0 spiro atoms. The molecule has 1 amide bonds.